The summed E-state index contributed by atoms with van der Waals surface area (Å²) in [5.74, 6) is 0.207. The molecule has 3 heteroatoms. The lowest BCUT2D eigenvalue weighted by atomic mass is 9.77. The van der Waals surface area contributed by atoms with E-state index in [-0.39, 0.29) is 17.2 Å². The Bertz CT molecular complexity index is 419. The van der Waals surface area contributed by atoms with E-state index >= 15 is 0 Å². The molecule has 0 bridgehead atoms. The van der Waals surface area contributed by atoms with Crippen molar-refractivity contribution in [3.05, 3.63) is 11.6 Å². The zero-order valence-corrected chi connectivity index (χ0v) is 11.7. The molecular formula is C15H22O3. The molecule has 0 radical (unpaired) electrons. The van der Waals surface area contributed by atoms with Gasteiger partial charge < -0.3 is 4.74 Å². The molecule has 1 saturated heterocycles. The quantitative estimate of drug-likeness (QED) is 0.530. The molecule has 0 unspecified atom stereocenters. The SMILES string of the molecule is CC(=O)C=C1CC(C)(C)C[C@]12OC(=O)CC[C@H]2C. The first-order valence-corrected chi connectivity index (χ1v) is 6.69. The topological polar surface area (TPSA) is 43.4 Å². The average Bonchev–Trinajstić information content (AvgIpc) is 2.44. The predicted molar refractivity (Wildman–Crippen MR) is 69.0 cm³/mol. The summed E-state index contributed by atoms with van der Waals surface area (Å²) in [6.07, 6.45) is 4.70. The van der Waals surface area contributed by atoms with Gasteiger partial charge in [-0.05, 0) is 43.3 Å². The third-order valence-corrected chi connectivity index (χ3v) is 4.20. The third-order valence-electron chi connectivity index (χ3n) is 4.20. The number of esters is 1. The van der Waals surface area contributed by atoms with E-state index in [1.165, 1.54) is 0 Å². The van der Waals surface area contributed by atoms with Gasteiger partial charge in [0.25, 0.3) is 0 Å². The molecule has 2 aliphatic rings. The van der Waals surface area contributed by atoms with Crippen molar-refractivity contribution in [1.82, 2.24) is 0 Å². The van der Waals surface area contributed by atoms with Gasteiger partial charge in [-0.2, -0.15) is 0 Å². The van der Waals surface area contributed by atoms with Crippen molar-refractivity contribution >= 4 is 11.8 Å². The molecule has 100 valence electrons. The molecule has 2 rings (SSSR count). The van der Waals surface area contributed by atoms with Gasteiger partial charge in [0, 0.05) is 12.3 Å². The van der Waals surface area contributed by atoms with Gasteiger partial charge in [0.1, 0.15) is 5.60 Å². The Hall–Kier alpha value is -1.12. The molecule has 1 heterocycles. The minimum atomic E-state index is -0.523. The van der Waals surface area contributed by atoms with Gasteiger partial charge in [-0.15, -0.1) is 0 Å². The second-order valence-corrected chi connectivity index (χ2v) is 6.60. The summed E-state index contributed by atoms with van der Waals surface area (Å²) in [5, 5.41) is 0. The van der Waals surface area contributed by atoms with Gasteiger partial charge in [-0.3, -0.25) is 9.59 Å². The number of carbonyl (C=O) groups is 2. The number of ketones is 1. The number of allylic oxidation sites excluding steroid dienone is 1. The molecule has 0 amide bonds. The van der Waals surface area contributed by atoms with E-state index in [2.05, 4.69) is 20.8 Å². The highest BCUT2D eigenvalue weighted by atomic mass is 16.6. The first-order valence-electron chi connectivity index (χ1n) is 6.69. The first-order chi connectivity index (χ1) is 8.25. The molecule has 18 heavy (non-hydrogen) atoms. The Balaban J connectivity index is 2.44. The van der Waals surface area contributed by atoms with Crippen molar-refractivity contribution in [3.63, 3.8) is 0 Å². The molecule has 2 atom stereocenters. The third kappa shape index (κ3) is 2.23. The van der Waals surface area contributed by atoms with Gasteiger partial charge in [-0.25, -0.2) is 0 Å². The molecule has 0 aromatic carbocycles. The Morgan fingerprint density at radius 2 is 2.11 bits per heavy atom. The fraction of sp³-hybridized carbons (Fsp3) is 0.733. The minimum Gasteiger partial charge on any atom is -0.454 e. The highest BCUT2D eigenvalue weighted by molar-refractivity contribution is 5.88. The van der Waals surface area contributed by atoms with Crippen molar-refractivity contribution < 1.29 is 14.3 Å². The number of ether oxygens (including phenoxy) is 1. The van der Waals surface area contributed by atoms with E-state index in [0.29, 0.717) is 12.3 Å². The number of rotatable bonds is 1. The summed E-state index contributed by atoms with van der Waals surface area (Å²) in [6, 6.07) is 0. The van der Waals surface area contributed by atoms with Gasteiger partial charge in [0.2, 0.25) is 0 Å². The lowest BCUT2D eigenvalue weighted by molar-refractivity contribution is -0.169. The molecule has 1 spiro atoms. The summed E-state index contributed by atoms with van der Waals surface area (Å²) in [5.41, 5.74) is 0.582. The molecule has 0 N–H and O–H groups in total. The van der Waals surface area contributed by atoms with Gasteiger partial charge in [0.05, 0.1) is 0 Å². The van der Waals surface area contributed by atoms with Gasteiger partial charge in [-0.1, -0.05) is 20.8 Å². The van der Waals surface area contributed by atoms with Crippen LogP contribution in [0.2, 0.25) is 0 Å². The van der Waals surface area contributed by atoms with Crippen LogP contribution in [0, 0.1) is 11.3 Å². The monoisotopic (exact) mass is 250 g/mol. The molecule has 1 saturated carbocycles. The van der Waals surface area contributed by atoms with Gasteiger partial charge in [0.15, 0.2) is 5.78 Å². The van der Waals surface area contributed by atoms with Crippen LogP contribution in [-0.4, -0.2) is 17.4 Å². The van der Waals surface area contributed by atoms with Gasteiger partial charge >= 0.3 is 5.97 Å². The molecule has 0 aromatic rings. The van der Waals surface area contributed by atoms with Crippen LogP contribution in [0.4, 0.5) is 0 Å². The van der Waals surface area contributed by atoms with E-state index in [1.54, 1.807) is 13.0 Å². The smallest absolute Gasteiger partial charge is 0.306 e. The fourth-order valence-corrected chi connectivity index (χ4v) is 3.49. The van der Waals surface area contributed by atoms with Crippen LogP contribution in [0.5, 0.6) is 0 Å². The predicted octanol–water partition coefficient (Wildman–Crippen LogP) is 3.03. The maximum absolute atomic E-state index is 11.7. The zero-order valence-electron chi connectivity index (χ0n) is 11.7. The van der Waals surface area contributed by atoms with Crippen molar-refractivity contribution in [1.29, 1.82) is 0 Å². The van der Waals surface area contributed by atoms with Crippen LogP contribution in [0.25, 0.3) is 0 Å². The van der Waals surface area contributed by atoms with Crippen LogP contribution in [0.15, 0.2) is 11.6 Å². The molecule has 0 aromatic heterocycles. The molecule has 2 fully saturated rings. The largest absolute Gasteiger partial charge is 0.454 e. The second-order valence-electron chi connectivity index (χ2n) is 6.60. The lowest BCUT2D eigenvalue weighted by Crippen LogP contribution is -2.45. The number of hydrogen-bond acceptors (Lipinski definition) is 3. The Kier molecular flexibility index (Phi) is 3.12. The standard InChI is InChI=1S/C15H22O3/c1-10-5-6-13(17)18-15(10)9-14(3,4)8-12(15)7-11(2)16/h7,10H,5-6,8-9H2,1-4H3/t10-,15-/m1/s1. The maximum Gasteiger partial charge on any atom is 0.306 e. The Morgan fingerprint density at radius 3 is 2.72 bits per heavy atom. The summed E-state index contributed by atoms with van der Waals surface area (Å²) in [7, 11) is 0. The van der Waals surface area contributed by atoms with Crippen molar-refractivity contribution in [2.45, 2.75) is 59.0 Å². The van der Waals surface area contributed by atoms with Crippen molar-refractivity contribution in [3.8, 4) is 0 Å². The van der Waals surface area contributed by atoms with E-state index < -0.39 is 5.60 Å². The van der Waals surface area contributed by atoms with Crippen LogP contribution in [-0.2, 0) is 14.3 Å². The molecule has 3 nitrogen and oxygen atoms in total. The zero-order chi connectivity index (χ0) is 13.6. The van der Waals surface area contributed by atoms with E-state index in [9.17, 15) is 9.59 Å². The molecule has 1 aliphatic carbocycles. The maximum atomic E-state index is 11.7. The second kappa shape index (κ2) is 4.22. The summed E-state index contributed by atoms with van der Waals surface area (Å²) in [4.78, 5) is 23.1. The fourth-order valence-electron chi connectivity index (χ4n) is 3.49. The van der Waals surface area contributed by atoms with E-state index in [4.69, 9.17) is 4.74 Å². The first kappa shape index (κ1) is 13.3. The lowest BCUT2D eigenvalue weighted by Gasteiger charge is -2.40. The summed E-state index contributed by atoms with van der Waals surface area (Å²) >= 11 is 0. The summed E-state index contributed by atoms with van der Waals surface area (Å²) in [6.45, 7) is 8.03. The minimum absolute atomic E-state index is 0.0379. The average molecular weight is 250 g/mol. The van der Waals surface area contributed by atoms with Crippen LogP contribution >= 0.6 is 0 Å². The van der Waals surface area contributed by atoms with Crippen molar-refractivity contribution in [2.75, 3.05) is 0 Å². The van der Waals surface area contributed by atoms with E-state index in [1.807, 2.05) is 0 Å². The van der Waals surface area contributed by atoms with Crippen LogP contribution < -0.4 is 0 Å². The number of carbonyl (C=O) groups excluding carboxylic acids is 2. The van der Waals surface area contributed by atoms with Crippen molar-refractivity contribution in [2.24, 2.45) is 11.3 Å². The van der Waals surface area contributed by atoms with Crippen LogP contribution in [0.1, 0.15) is 53.4 Å². The Labute approximate surface area is 109 Å². The molecule has 1 aliphatic heterocycles. The highest BCUT2D eigenvalue weighted by Gasteiger charge is 2.54. The highest BCUT2D eigenvalue weighted by Crippen LogP contribution is 2.55. The summed E-state index contributed by atoms with van der Waals surface area (Å²) < 4.78 is 5.74. The number of hydrogen-bond donors (Lipinski definition) is 0. The van der Waals surface area contributed by atoms with Crippen LogP contribution in [0.3, 0.4) is 0 Å². The normalized spacial score (nSPS) is 37.0. The van der Waals surface area contributed by atoms with E-state index in [0.717, 1.165) is 24.8 Å². The molecular weight excluding hydrogens is 228 g/mol. The Morgan fingerprint density at radius 1 is 1.44 bits per heavy atom.